The van der Waals surface area contributed by atoms with Crippen LogP contribution in [0.5, 0.6) is 5.75 Å². The van der Waals surface area contributed by atoms with Gasteiger partial charge in [0.25, 0.3) is 0 Å². The molecular formula is C15H16FNO2. The lowest BCUT2D eigenvalue weighted by Gasteiger charge is -2.13. The Labute approximate surface area is 111 Å². The molecule has 4 heteroatoms. The lowest BCUT2D eigenvalue weighted by atomic mass is 10.1. The first kappa shape index (κ1) is 13.5. The molecule has 0 spiro atoms. The van der Waals surface area contributed by atoms with E-state index in [1.807, 2.05) is 18.2 Å². The van der Waals surface area contributed by atoms with E-state index in [0.29, 0.717) is 5.56 Å². The topological polar surface area (TPSA) is 55.5 Å². The van der Waals surface area contributed by atoms with Crippen LogP contribution in [0.1, 0.15) is 17.2 Å². The lowest BCUT2D eigenvalue weighted by Crippen LogP contribution is -2.10. The molecule has 0 saturated heterocycles. The Morgan fingerprint density at radius 2 is 1.89 bits per heavy atom. The van der Waals surface area contributed by atoms with E-state index in [9.17, 15) is 9.50 Å². The summed E-state index contributed by atoms with van der Waals surface area (Å²) in [6.07, 6.45) is -0.783. The van der Waals surface area contributed by atoms with Crippen LogP contribution in [0.2, 0.25) is 0 Å². The molecule has 1 atom stereocenters. The maximum absolute atomic E-state index is 13.6. The molecule has 0 radical (unpaired) electrons. The van der Waals surface area contributed by atoms with Crippen molar-refractivity contribution in [3.8, 4) is 5.75 Å². The van der Waals surface area contributed by atoms with Crippen LogP contribution in [-0.4, -0.2) is 11.7 Å². The summed E-state index contributed by atoms with van der Waals surface area (Å²) in [5, 5.41) is 9.91. The number of nitrogens with two attached hydrogens (primary N) is 1. The Morgan fingerprint density at radius 3 is 2.53 bits per heavy atom. The van der Waals surface area contributed by atoms with Crippen LogP contribution in [-0.2, 0) is 6.54 Å². The molecule has 0 aliphatic heterocycles. The van der Waals surface area contributed by atoms with Gasteiger partial charge in [-0.15, -0.1) is 0 Å². The summed E-state index contributed by atoms with van der Waals surface area (Å²) >= 11 is 0. The highest BCUT2D eigenvalue weighted by Gasteiger charge is 2.10. The van der Waals surface area contributed by atoms with Crippen LogP contribution in [0.25, 0.3) is 0 Å². The number of hydrogen-bond acceptors (Lipinski definition) is 3. The summed E-state index contributed by atoms with van der Waals surface area (Å²) in [6, 6.07) is 13.7. The molecule has 19 heavy (non-hydrogen) atoms. The largest absolute Gasteiger partial charge is 0.487 e. The van der Waals surface area contributed by atoms with Crippen molar-refractivity contribution in [3.63, 3.8) is 0 Å². The molecule has 0 fully saturated rings. The number of rotatable bonds is 5. The van der Waals surface area contributed by atoms with E-state index in [2.05, 4.69) is 0 Å². The van der Waals surface area contributed by atoms with E-state index in [-0.39, 0.29) is 18.9 Å². The van der Waals surface area contributed by atoms with Gasteiger partial charge < -0.3 is 15.6 Å². The first-order valence-electron chi connectivity index (χ1n) is 6.05. The molecule has 3 nitrogen and oxygen atoms in total. The van der Waals surface area contributed by atoms with Crippen molar-refractivity contribution in [2.45, 2.75) is 12.6 Å². The number of aliphatic hydroxyl groups excluding tert-OH is 1. The average Bonchev–Trinajstić information content (AvgIpc) is 2.46. The molecule has 0 bridgehead atoms. The van der Waals surface area contributed by atoms with Gasteiger partial charge in [-0.2, -0.15) is 0 Å². The Morgan fingerprint density at radius 1 is 1.16 bits per heavy atom. The summed E-state index contributed by atoms with van der Waals surface area (Å²) in [4.78, 5) is 0. The van der Waals surface area contributed by atoms with Crippen molar-refractivity contribution in [2.75, 3.05) is 6.61 Å². The molecule has 0 aliphatic carbocycles. The van der Waals surface area contributed by atoms with Gasteiger partial charge in [-0.1, -0.05) is 36.4 Å². The van der Waals surface area contributed by atoms with Gasteiger partial charge in [-0.25, -0.2) is 4.39 Å². The predicted octanol–water partition coefficient (Wildman–Crippen LogP) is 2.40. The fraction of sp³-hybridized carbons (Fsp3) is 0.200. The molecule has 0 saturated carbocycles. The summed E-state index contributed by atoms with van der Waals surface area (Å²) in [5.74, 6) is -0.351. The van der Waals surface area contributed by atoms with E-state index < -0.39 is 11.9 Å². The molecule has 2 aromatic rings. The minimum atomic E-state index is -0.783. The number of hydrogen-bond donors (Lipinski definition) is 2. The third kappa shape index (κ3) is 3.53. The summed E-state index contributed by atoms with van der Waals surface area (Å²) < 4.78 is 18.9. The molecule has 100 valence electrons. The zero-order valence-corrected chi connectivity index (χ0v) is 10.4. The predicted molar refractivity (Wildman–Crippen MR) is 71.2 cm³/mol. The quantitative estimate of drug-likeness (QED) is 0.869. The molecule has 1 unspecified atom stereocenters. The van der Waals surface area contributed by atoms with Crippen LogP contribution in [0.4, 0.5) is 4.39 Å². The van der Waals surface area contributed by atoms with Gasteiger partial charge in [0, 0.05) is 6.54 Å². The highest BCUT2D eigenvalue weighted by Crippen LogP contribution is 2.20. The summed E-state index contributed by atoms with van der Waals surface area (Å²) in [5.41, 5.74) is 6.86. The van der Waals surface area contributed by atoms with Crippen LogP contribution >= 0.6 is 0 Å². The van der Waals surface area contributed by atoms with Gasteiger partial charge in [0.05, 0.1) is 0 Å². The molecule has 0 aliphatic rings. The molecular weight excluding hydrogens is 245 g/mol. The van der Waals surface area contributed by atoms with Crippen molar-refractivity contribution in [1.82, 2.24) is 0 Å². The fourth-order valence-electron chi connectivity index (χ4n) is 1.73. The molecule has 0 amide bonds. The monoisotopic (exact) mass is 261 g/mol. The van der Waals surface area contributed by atoms with Crippen LogP contribution in [0, 0.1) is 5.82 Å². The van der Waals surface area contributed by atoms with Crippen LogP contribution in [0.3, 0.4) is 0 Å². The first-order chi connectivity index (χ1) is 9.20. The van der Waals surface area contributed by atoms with Crippen molar-refractivity contribution >= 4 is 0 Å². The van der Waals surface area contributed by atoms with Crippen molar-refractivity contribution < 1.29 is 14.2 Å². The second-order valence-electron chi connectivity index (χ2n) is 4.21. The van der Waals surface area contributed by atoms with Crippen LogP contribution in [0.15, 0.2) is 48.5 Å². The highest BCUT2D eigenvalue weighted by molar-refractivity contribution is 5.29. The van der Waals surface area contributed by atoms with E-state index in [1.54, 1.807) is 18.2 Å². The van der Waals surface area contributed by atoms with E-state index in [1.165, 1.54) is 12.1 Å². The summed E-state index contributed by atoms with van der Waals surface area (Å²) in [6.45, 7) is 0.284. The average molecular weight is 261 g/mol. The van der Waals surface area contributed by atoms with Gasteiger partial charge in [-0.3, -0.25) is 0 Å². The second-order valence-corrected chi connectivity index (χ2v) is 4.21. The molecule has 2 aromatic carbocycles. The van der Waals surface area contributed by atoms with Gasteiger partial charge in [0.2, 0.25) is 0 Å². The summed E-state index contributed by atoms with van der Waals surface area (Å²) in [7, 11) is 0. The Hall–Kier alpha value is -1.91. The van der Waals surface area contributed by atoms with Crippen LogP contribution < -0.4 is 10.5 Å². The molecule has 0 aromatic heterocycles. The Kier molecular flexibility index (Phi) is 4.49. The highest BCUT2D eigenvalue weighted by atomic mass is 19.1. The van der Waals surface area contributed by atoms with Crippen molar-refractivity contribution in [3.05, 3.63) is 65.5 Å². The first-order valence-corrected chi connectivity index (χ1v) is 6.05. The SMILES string of the molecule is NCc1ccc(OCC(O)c2ccccc2)c(F)c1. The Bertz CT molecular complexity index is 531. The van der Waals surface area contributed by atoms with Crippen molar-refractivity contribution in [2.24, 2.45) is 5.73 Å². The number of aliphatic hydroxyl groups is 1. The number of benzene rings is 2. The van der Waals surface area contributed by atoms with E-state index in [0.717, 1.165) is 5.56 Å². The minimum absolute atomic E-state index is 0.00288. The van der Waals surface area contributed by atoms with E-state index in [4.69, 9.17) is 10.5 Å². The second kappa shape index (κ2) is 6.31. The van der Waals surface area contributed by atoms with Gasteiger partial charge in [0.1, 0.15) is 12.7 Å². The maximum Gasteiger partial charge on any atom is 0.165 e. The minimum Gasteiger partial charge on any atom is -0.487 e. The lowest BCUT2D eigenvalue weighted by molar-refractivity contribution is 0.106. The Balaban J connectivity index is 1.99. The fourth-order valence-corrected chi connectivity index (χ4v) is 1.73. The van der Waals surface area contributed by atoms with Gasteiger partial charge in [0.15, 0.2) is 11.6 Å². The molecule has 0 heterocycles. The van der Waals surface area contributed by atoms with Gasteiger partial charge in [-0.05, 0) is 23.3 Å². The third-order valence-corrected chi connectivity index (χ3v) is 2.81. The normalized spacial score (nSPS) is 12.2. The smallest absolute Gasteiger partial charge is 0.165 e. The van der Waals surface area contributed by atoms with Crippen molar-refractivity contribution in [1.29, 1.82) is 0 Å². The van der Waals surface area contributed by atoms with Gasteiger partial charge >= 0.3 is 0 Å². The molecule has 2 rings (SSSR count). The van der Waals surface area contributed by atoms with E-state index >= 15 is 0 Å². The molecule has 3 N–H and O–H groups in total. The number of halogens is 1. The maximum atomic E-state index is 13.6. The zero-order chi connectivity index (χ0) is 13.7. The third-order valence-electron chi connectivity index (χ3n) is 2.81. The standard InChI is InChI=1S/C15H16FNO2/c16-13-8-11(9-17)6-7-15(13)19-10-14(18)12-4-2-1-3-5-12/h1-8,14,18H,9-10,17H2. The zero-order valence-electron chi connectivity index (χ0n) is 10.4. The number of ether oxygens (including phenoxy) is 1.